The number of unbranched alkanes of at least 4 members (excludes halogenated alkanes) is 1. The first-order valence-electron chi connectivity index (χ1n) is 6.91. The lowest BCUT2D eigenvalue weighted by Crippen LogP contribution is -2.53. The Kier molecular flexibility index (Phi) is 6.13. The van der Waals surface area contributed by atoms with Crippen LogP contribution in [-0.2, 0) is 9.53 Å². The van der Waals surface area contributed by atoms with Crippen LogP contribution in [0.3, 0.4) is 0 Å². The molecular formula is C13H24F2N2O2. The summed E-state index contributed by atoms with van der Waals surface area (Å²) in [6.07, 6.45) is 0.979. The molecule has 0 aliphatic carbocycles. The summed E-state index contributed by atoms with van der Waals surface area (Å²) >= 11 is 0. The van der Waals surface area contributed by atoms with Gasteiger partial charge in [0, 0.05) is 32.5 Å². The second kappa shape index (κ2) is 7.14. The Morgan fingerprint density at radius 2 is 2.00 bits per heavy atom. The van der Waals surface area contributed by atoms with E-state index in [-0.39, 0.29) is 37.9 Å². The second-order valence-electron chi connectivity index (χ2n) is 5.14. The molecular weight excluding hydrogens is 254 g/mol. The zero-order valence-corrected chi connectivity index (χ0v) is 11.7. The van der Waals surface area contributed by atoms with Gasteiger partial charge in [0.2, 0.25) is 5.91 Å². The molecule has 0 aromatic carbocycles. The average Bonchev–Trinajstić information content (AvgIpc) is 2.37. The number of nitrogens with zero attached hydrogens (tertiary/aromatic N) is 1. The summed E-state index contributed by atoms with van der Waals surface area (Å²) in [5.41, 5.74) is 5.84. The molecule has 1 rings (SSSR count). The van der Waals surface area contributed by atoms with Crippen molar-refractivity contribution in [2.45, 2.75) is 57.6 Å². The maximum Gasteiger partial charge on any atom is 0.251 e. The monoisotopic (exact) mass is 278 g/mol. The Bertz CT molecular complexity index is 290. The first-order valence-corrected chi connectivity index (χ1v) is 6.91. The fourth-order valence-corrected chi connectivity index (χ4v) is 1.98. The molecule has 19 heavy (non-hydrogen) atoms. The van der Waals surface area contributed by atoms with Crippen molar-refractivity contribution in [2.75, 3.05) is 19.7 Å². The van der Waals surface area contributed by atoms with E-state index in [1.165, 1.54) is 4.90 Å². The number of amides is 1. The zero-order chi connectivity index (χ0) is 14.5. The van der Waals surface area contributed by atoms with E-state index in [4.69, 9.17) is 10.5 Å². The highest BCUT2D eigenvalue weighted by Crippen LogP contribution is 2.27. The summed E-state index contributed by atoms with van der Waals surface area (Å²) in [6, 6.07) is -0.774. The largest absolute Gasteiger partial charge is 0.376 e. The molecule has 0 aromatic rings. The number of hydrogen-bond acceptors (Lipinski definition) is 3. The molecule has 1 amide bonds. The molecule has 112 valence electrons. The Labute approximate surface area is 113 Å². The van der Waals surface area contributed by atoms with E-state index in [9.17, 15) is 13.6 Å². The van der Waals surface area contributed by atoms with Crippen molar-refractivity contribution in [1.82, 2.24) is 4.90 Å². The molecule has 4 nitrogen and oxygen atoms in total. The molecule has 0 unspecified atom stereocenters. The second-order valence-corrected chi connectivity index (χ2v) is 5.14. The van der Waals surface area contributed by atoms with Gasteiger partial charge in [-0.25, -0.2) is 8.78 Å². The minimum Gasteiger partial charge on any atom is -0.376 e. The SMILES string of the molecule is CCCCO[C@H](C)[C@H](N)C(=O)N1CCC(F)(F)CC1. The first kappa shape index (κ1) is 16.3. The van der Waals surface area contributed by atoms with Crippen LogP contribution in [0.15, 0.2) is 0 Å². The van der Waals surface area contributed by atoms with Crippen molar-refractivity contribution >= 4 is 5.91 Å². The summed E-state index contributed by atoms with van der Waals surface area (Å²) in [4.78, 5) is 13.5. The van der Waals surface area contributed by atoms with Gasteiger partial charge in [0.15, 0.2) is 0 Å². The average molecular weight is 278 g/mol. The van der Waals surface area contributed by atoms with E-state index in [1.807, 2.05) is 6.92 Å². The number of likely N-dealkylation sites (tertiary alicyclic amines) is 1. The third-order valence-corrected chi connectivity index (χ3v) is 3.48. The lowest BCUT2D eigenvalue weighted by Gasteiger charge is -2.34. The third-order valence-electron chi connectivity index (χ3n) is 3.48. The molecule has 0 bridgehead atoms. The zero-order valence-electron chi connectivity index (χ0n) is 11.7. The van der Waals surface area contributed by atoms with Gasteiger partial charge in [-0.1, -0.05) is 13.3 Å². The van der Waals surface area contributed by atoms with Crippen LogP contribution >= 0.6 is 0 Å². The Hall–Kier alpha value is -0.750. The first-order chi connectivity index (χ1) is 8.87. The minimum atomic E-state index is -2.65. The number of ether oxygens (including phenoxy) is 1. The third kappa shape index (κ3) is 5.03. The Morgan fingerprint density at radius 1 is 1.42 bits per heavy atom. The van der Waals surface area contributed by atoms with Crippen LogP contribution < -0.4 is 5.73 Å². The van der Waals surface area contributed by atoms with Crippen molar-refractivity contribution in [2.24, 2.45) is 5.73 Å². The molecule has 0 radical (unpaired) electrons. The fraction of sp³-hybridized carbons (Fsp3) is 0.923. The van der Waals surface area contributed by atoms with Crippen molar-refractivity contribution in [1.29, 1.82) is 0 Å². The number of alkyl halides is 2. The van der Waals surface area contributed by atoms with E-state index in [2.05, 4.69) is 0 Å². The van der Waals surface area contributed by atoms with Gasteiger partial charge in [0.1, 0.15) is 6.04 Å². The highest BCUT2D eigenvalue weighted by atomic mass is 19.3. The molecule has 0 aromatic heterocycles. The van der Waals surface area contributed by atoms with Gasteiger partial charge in [-0.05, 0) is 13.3 Å². The van der Waals surface area contributed by atoms with Crippen molar-refractivity contribution in [3.63, 3.8) is 0 Å². The van der Waals surface area contributed by atoms with Crippen LogP contribution in [0.2, 0.25) is 0 Å². The topological polar surface area (TPSA) is 55.6 Å². The normalized spacial score (nSPS) is 22.1. The standard InChI is InChI=1S/C13H24F2N2O2/c1-3-4-9-19-10(2)11(16)12(18)17-7-5-13(14,15)6-8-17/h10-11H,3-9,16H2,1-2H3/t10-,11+/m1/s1. The van der Waals surface area contributed by atoms with Crippen LogP contribution in [0.25, 0.3) is 0 Å². The molecule has 1 heterocycles. The van der Waals surface area contributed by atoms with E-state index in [0.717, 1.165) is 12.8 Å². The number of carbonyl (C=O) groups is 1. The van der Waals surface area contributed by atoms with E-state index >= 15 is 0 Å². The molecule has 1 saturated heterocycles. The van der Waals surface area contributed by atoms with Crippen LogP contribution in [0.1, 0.15) is 39.5 Å². The fourth-order valence-electron chi connectivity index (χ4n) is 1.98. The molecule has 2 N–H and O–H groups in total. The van der Waals surface area contributed by atoms with Gasteiger partial charge in [-0.2, -0.15) is 0 Å². The summed E-state index contributed by atoms with van der Waals surface area (Å²) in [5.74, 6) is -2.94. The van der Waals surface area contributed by atoms with E-state index in [1.54, 1.807) is 6.92 Å². The van der Waals surface area contributed by atoms with Crippen LogP contribution in [0, 0.1) is 0 Å². The molecule has 6 heteroatoms. The number of halogens is 2. The summed E-state index contributed by atoms with van der Waals surface area (Å²) in [6.45, 7) is 4.50. The van der Waals surface area contributed by atoms with E-state index in [0.29, 0.717) is 6.61 Å². The predicted molar refractivity (Wildman–Crippen MR) is 69.1 cm³/mol. The quantitative estimate of drug-likeness (QED) is 0.753. The van der Waals surface area contributed by atoms with Gasteiger partial charge in [-0.3, -0.25) is 4.79 Å². The van der Waals surface area contributed by atoms with Crippen LogP contribution in [-0.4, -0.2) is 48.6 Å². The van der Waals surface area contributed by atoms with Gasteiger partial charge in [0.05, 0.1) is 6.10 Å². The molecule has 0 spiro atoms. The summed E-state index contributed by atoms with van der Waals surface area (Å²) in [5, 5.41) is 0. The summed E-state index contributed by atoms with van der Waals surface area (Å²) in [7, 11) is 0. The molecule has 1 aliphatic rings. The van der Waals surface area contributed by atoms with Crippen molar-refractivity contribution in [3.8, 4) is 0 Å². The number of piperidine rings is 1. The van der Waals surface area contributed by atoms with Gasteiger partial charge in [0.25, 0.3) is 5.92 Å². The maximum absolute atomic E-state index is 13.0. The molecule has 0 saturated carbocycles. The maximum atomic E-state index is 13.0. The molecule has 1 aliphatic heterocycles. The highest BCUT2D eigenvalue weighted by Gasteiger charge is 2.37. The minimum absolute atomic E-state index is 0.0706. The smallest absolute Gasteiger partial charge is 0.251 e. The number of rotatable bonds is 6. The molecule has 2 atom stereocenters. The summed E-state index contributed by atoms with van der Waals surface area (Å²) < 4.78 is 31.5. The van der Waals surface area contributed by atoms with Crippen LogP contribution in [0.5, 0.6) is 0 Å². The number of carbonyl (C=O) groups excluding carboxylic acids is 1. The van der Waals surface area contributed by atoms with E-state index < -0.39 is 12.0 Å². The Morgan fingerprint density at radius 3 is 2.53 bits per heavy atom. The highest BCUT2D eigenvalue weighted by molar-refractivity contribution is 5.82. The van der Waals surface area contributed by atoms with Crippen molar-refractivity contribution < 1.29 is 18.3 Å². The predicted octanol–water partition coefficient (Wildman–Crippen LogP) is 1.78. The lowest BCUT2D eigenvalue weighted by atomic mass is 10.0. The van der Waals surface area contributed by atoms with Gasteiger partial charge >= 0.3 is 0 Å². The van der Waals surface area contributed by atoms with Crippen LogP contribution in [0.4, 0.5) is 8.78 Å². The Balaban J connectivity index is 2.39. The lowest BCUT2D eigenvalue weighted by molar-refractivity contribution is -0.141. The number of hydrogen-bond donors (Lipinski definition) is 1. The number of nitrogens with two attached hydrogens (primary N) is 1. The van der Waals surface area contributed by atoms with Gasteiger partial charge < -0.3 is 15.4 Å². The molecule has 1 fully saturated rings. The van der Waals surface area contributed by atoms with Gasteiger partial charge in [-0.15, -0.1) is 0 Å². The van der Waals surface area contributed by atoms with Crippen molar-refractivity contribution in [3.05, 3.63) is 0 Å².